The second-order valence-electron chi connectivity index (χ2n) is 4.87. The van der Waals surface area contributed by atoms with Gasteiger partial charge in [0.1, 0.15) is 0 Å². The van der Waals surface area contributed by atoms with Gasteiger partial charge in [-0.25, -0.2) is 0 Å². The summed E-state index contributed by atoms with van der Waals surface area (Å²) in [5.74, 6) is 0. The van der Waals surface area contributed by atoms with Gasteiger partial charge < -0.3 is 10.3 Å². The van der Waals surface area contributed by atoms with Crippen LogP contribution in [0.2, 0.25) is 0 Å². The van der Waals surface area contributed by atoms with Crippen molar-refractivity contribution >= 4 is 27.5 Å². The maximum Gasteiger partial charge on any atom is 0.0559 e. The van der Waals surface area contributed by atoms with E-state index in [1.165, 1.54) is 27.4 Å². The topological polar surface area (TPSA) is 27.8 Å². The van der Waals surface area contributed by atoms with Crippen LogP contribution in [-0.4, -0.2) is 4.98 Å². The number of para-hydroxylation sites is 2. The molecule has 0 amide bonds. The summed E-state index contributed by atoms with van der Waals surface area (Å²) in [4.78, 5) is 3.54. The monoisotopic (exact) mass is 258 g/mol. The van der Waals surface area contributed by atoms with Crippen molar-refractivity contribution in [2.24, 2.45) is 0 Å². The molecule has 2 nitrogen and oxygen atoms in total. The first-order valence-corrected chi connectivity index (χ1v) is 6.73. The molecule has 0 fully saturated rings. The highest BCUT2D eigenvalue weighted by molar-refractivity contribution is 6.10. The molecule has 3 aromatic rings. The fraction of sp³-hybridized carbons (Fsp3) is 0. The Labute approximate surface area is 117 Å². The van der Waals surface area contributed by atoms with Crippen molar-refractivity contribution < 1.29 is 0 Å². The highest BCUT2D eigenvalue weighted by Crippen LogP contribution is 2.30. The third-order valence-corrected chi connectivity index (χ3v) is 3.65. The summed E-state index contributed by atoms with van der Waals surface area (Å²) in [6.07, 6.45) is 10.1. The van der Waals surface area contributed by atoms with E-state index in [2.05, 4.69) is 58.8 Å². The van der Waals surface area contributed by atoms with Crippen LogP contribution in [-0.2, 0) is 0 Å². The van der Waals surface area contributed by atoms with Crippen molar-refractivity contribution in [1.82, 2.24) is 10.3 Å². The number of H-pyrrole nitrogens is 1. The number of rotatable bonds is 1. The van der Waals surface area contributed by atoms with Crippen LogP contribution < -0.4 is 5.32 Å². The summed E-state index contributed by atoms with van der Waals surface area (Å²) in [5, 5.41) is 5.86. The minimum absolute atomic E-state index is 1.10. The van der Waals surface area contributed by atoms with E-state index < -0.39 is 0 Å². The van der Waals surface area contributed by atoms with Crippen molar-refractivity contribution in [3.05, 3.63) is 78.5 Å². The predicted octanol–water partition coefficient (Wildman–Crippen LogP) is 4.34. The largest absolute Gasteiger partial charge is 0.361 e. The molecule has 2 heteroatoms. The number of aromatic nitrogens is 1. The predicted molar refractivity (Wildman–Crippen MR) is 85.2 cm³/mol. The van der Waals surface area contributed by atoms with E-state index in [1.807, 2.05) is 24.4 Å². The van der Waals surface area contributed by atoms with E-state index in [1.54, 1.807) is 0 Å². The van der Waals surface area contributed by atoms with Gasteiger partial charge in [-0.1, -0.05) is 48.6 Å². The Balaban J connectivity index is 2.03. The van der Waals surface area contributed by atoms with Crippen molar-refractivity contribution in [1.29, 1.82) is 0 Å². The fourth-order valence-electron chi connectivity index (χ4n) is 2.72. The third-order valence-electron chi connectivity index (χ3n) is 3.65. The van der Waals surface area contributed by atoms with Crippen LogP contribution in [0.5, 0.6) is 0 Å². The van der Waals surface area contributed by atoms with Crippen LogP contribution in [0.25, 0.3) is 27.5 Å². The second kappa shape index (κ2) is 4.42. The first kappa shape index (κ1) is 11.1. The summed E-state index contributed by atoms with van der Waals surface area (Å²) in [7, 11) is 0. The van der Waals surface area contributed by atoms with Crippen LogP contribution in [0.3, 0.4) is 0 Å². The van der Waals surface area contributed by atoms with Gasteiger partial charge in [-0.15, -0.1) is 0 Å². The number of allylic oxidation sites excluding steroid dienone is 4. The Morgan fingerprint density at radius 2 is 1.65 bits per heavy atom. The summed E-state index contributed by atoms with van der Waals surface area (Å²) >= 11 is 0. The molecule has 0 atom stereocenters. The van der Waals surface area contributed by atoms with Crippen molar-refractivity contribution in [3.8, 4) is 0 Å². The molecule has 0 spiro atoms. The number of hydrogen-bond acceptors (Lipinski definition) is 1. The standard InChI is InChI=1S/C18H14N2/c1-2-10-16(19-12-5-1)15-9-6-8-14-13-7-3-4-11-17(13)20-18(14)15/h1-12,19-20H. The number of nitrogens with one attached hydrogen (secondary N) is 2. The quantitative estimate of drug-likeness (QED) is 0.668. The number of hydrogen-bond donors (Lipinski definition) is 2. The molecule has 96 valence electrons. The van der Waals surface area contributed by atoms with E-state index >= 15 is 0 Å². The van der Waals surface area contributed by atoms with Crippen molar-refractivity contribution in [2.75, 3.05) is 0 Å². The molecule has 2 N–H and O–H groups in total. The minimum Gasteiger partial charge on any atom is -0.361 e. The molecule has 0 saturated heterocycles. The molecule has 0 bridgehead atoms. The highest BCUT2D eigenvalue weighted by atomic mass is 14.9. The van der Waals surface area contributed by atoms with Crippen molar-refractivity contribution in [2.45, 2.75) is 0 Å². The first-order chi connectivity index (χ1) is 9.93. The zero-order chi connectivity index (χ0) is 13.4. The molecule has 0 unspecified atom stereocenters. The van der Waals surface area contributed by atoms with Crippen LogP contribution >= 0.6 is 0 Å². The molecule has 0 saturated carbocycles. The number of benzene rings is 2. The van der Waals surface area contributed by atoms with Gasteiger partial charge in [-0.05, 0) is 18.2 Å². The van der Waals surface area contributed by atoms with Gasteiger partial charge in [-0.3, -0.25) is 0 Å². The maximum absolute atomic E-state index is 3.54. The number of aromatic amines is 1. The molecular weight excluding hydrogens is 244 g/mol. The van der Waals surface area contributed by atoms with Crippen molar-refractivity contribution in [3.63, 3.8) is 0 Å². The van der Waals surface area contributed by atoms with Gasteiger partial charge in [0, 0.05) is 33.7 Å². The molecule has 1 aliphatic rings. The molecule has 20 heavy (non-hydrogen) atoms. The van der Waals surface area contributed by atoms with Gasteiger partial charge in [0.2, 0.25) is 0 Å². The Bertz CT molecular complexity index is 879. The lowest BCUT2D eigenvalue weighted by atomic mass is 10.1. The molecular formula is C18H14N2. The molecule has 2 heterocycles. The van der Waals surface area contributed by atoms with Gasteiger partial charge in [0.15, 0.2) is 0 Å². The van der Waals surface area contributed by atoms with Gasteiger partial charge in [-0.2, -0.15) is 0 Å². The Hall–Kier alpha value is -2.74. The fourth-order valence-corrected chi connectivity index (χ4v) is 2.72. The Morgan fingerprint density at radius 1 is 0.750 bits per heavy atom. The molecule has 0 aliphatic carbocycles. The average Bonchev–Trinajstić information content (AvgIpc) is 2.68. The first-order valence-electron chi connectivity index (χ1n) is 6.73. The molecule has 0 radical (unpaired) electrons. The zero-order valence-electron chi connectivity index (χ0n) is 10.9. The third kappa shape index (κ3) is 1.66. The smallest absolute Gasteiger partial charge is 0.0559 e. The Kier molecular flexibility index (Phi) is 2.46. The van der Waals surface area contributed by atoms with Gasteiger partial charge in [0.05, 0.1) is 5.52 Å². The van der Waals surface area contributed by atoms with Crippen LogP contribution in [0.1, 0.15) is 5.56 Å². The summed E-state index contributed by atoms with van der Waals surface area (Å²) in [6.45, 7) is 0. The minimum atomic E-state index is 1.10. The Morgan fingerprint density at radius 3 is 2.65 bits per heavy atom. The summed E-state index contributed by atoms with van der Waals surface area (Å²) in [5.41, 5.74) is 4.65. The number of fused-ring (bicyclic) bond motifs is 3. The van der Waals surface area contributed by atoms with E-state index in [0.29, 0.717) is 0 Å². The maximum atomic E-state index is 3.54. The lowest BCUT2D eigenvalue weighted by molar-refractivity contribution is 1.22. The van der Waals surface area contributed by atoms with E-state index in [0.717, 1.165) is 5.70 Å². The average molecular weight is 258 g/mol. The van der Waals surface area contributed by atoms with E-state index in [9.17, 15) is 0 Å². The molecule has 2 aromatic carbocycles. The molecule has 1 aromatic heterocycles. The molecule has 1 aliphatic heterocycles. The SMILES string of the molecule is C1=CC=C(c2cccc3c2[nH]c2ccccc23)NC=C1. The summed E-state index contributed by atoms with van der Waals surface area (Å²) < 4.78 is 0. The lowest BCUT2D eigenvalue weighted by Crippen LogP contribution is -2.03. The highest BCUT2D eigenvalue weighted by Gasteiger charge is 2.10. The summed E-state index contributed by atoms with van der Waals surface area (Å²) in [6, 6.07) is 14.8. The lowest BCUT2D eigenvalue weighted by Gasteiger charge is -2.07. The van der Waals surface area contributed by atoms with Crippen LogP contribution in [0.4, 0.5) is 0 Å². The van der Waals surface area contributed by atoms with Crippen LogP contribution in [0.15, 0.2) is 73.0 Å². The van der Waals surface area contributed by atoms with Gasteiger partial charge in [0.25, 0.3) is 0 Å². The van der Waals surface area contributed by atoms with Gasteiger partial charge >= 0.3 is 0 Å². The zero-order valence-corrected chi connectivity index (χ0v) is 10.9. The van der Waals surface area contributed by atoms with E-state index in [4.69, 9.17) is 0 Å². The normalized spacial score (nSPS) is 14.3. The van der Waals surface area contributed by atoms with E-state index in [-0.39, 0.29) is 0 Å². The molecule has 4 rings (SSSR count). The second-order valence-corrected chi connectivity index (χ2v) is 4.87. The van der Waals surface area contributed by atoms with Crippen LogP contribution in [0, 0.1) is 0 Å².